The zero-order valence-corrected chi connectivity index (χ0v) is 12.3. The van der Waals surface area contributed by atoms with Crippen LogP contribution in [0.5, 0.6) is 5.88 Å². The molecule has 22 heavy (non-hydrogen) atoms. The van der Waals surface area contributed by atoms with Gasteiger partial charge >= 0.3 is 6.18 Å². The maximum atomic E-state index is 13.2. The van der Waals surface area contributed by atoms with Crippen LogP contribution >= 0.6 is 22.9 Å². The van der Waals surface area contributed by atoms with Gasteiger partial charge in [-0.15, -0.1) is 11.3 Å². The highest BCUT2D eigenvalue weighted by molar-refractivity contribution is 7.09. The second kappa shape index (κ2) is 5.69. The normalized spacial score (nSPS) is 13.3. The SMILES string of the molecule is FC(F)(F)C(Oc1nc2ccccc2nc1Cl)c1cncs1. The Morgan fingerprint density at radius 3 is 2.41 bits per heavy atom. The van der Waals surface area contributed by atoms with E-state index in [9.17, 15) is 13.2 Å². The summed E-state index contributed by atoms with van der Waals surface area (Å²) in [7, 11) is 0. The topological polar surface area (TPSA) is 47.9 Å². The molecule has 0 bridgehead atoms. The zero-order chi connectivity index (χ0) is 15.7. The maximum Gasteiger partial charge on any atom is 0.430 e. The van der Waals surface area contributed by atoms with Gasteiger partial charge in [0.05, 0.1) is 21.4 Å². The Labute approximate surface area is 131 Å². The highest BCUT2D eigenvalue weighted by atomic mass is 35.5. The van der Waals surface area contributed by atoms with E-state index in [-0.39, 0.29) is 15.9 Å². The minimum absolute atomic E-state index is 0.0847. The second-order valence-corrected chi connectivity index (χ2v) is 5.53. The number of ether oxygens (including phenoxy) is 1. The highest BCUT2D eigenvalue weighted by Gasteiger charge is 2.44. The van der Waals surface area contributed by atoms with Crippen molar-refractivity contribution in [2.45, 2.75) is 12.3 Å². The number of fused-ring (bicyclic) bond motifs is 1. The minimum Gasteiger partial charge on any atom is -0.457 e. The molecule has 1 aromatic carbocycles. The maximum absolute atomic E-state index is 13.2. The van der Waals surface area contributed by atoms with E-state index in [1.54, 1.807) is 24.3 Å². The molecule has 9 heteroatoms. The fourth-order valence-electron chi connectivity index (χ4n) is 1.79. The van der Waals surface area contributed by atoms with Crippen LogP contribution in [0.15, 0.2) is 36.0 Å². The van der Waals surface area contributed by atoms with Crippen LogP contribution in [0, 0.1) is 0 Å². The molecule has 3 rings (SSSR count). The van der Waals surface area contributed by atoms with Gasteiger partial charge in [0.1, 0.15) is 0 Å². The molecule has 0 spiro atoms. The molecule has 0 aliphatic heterocycles. The highest BCUT2D eigenvalue weighted by Crippen LogP contribution is 2.39. The van der Waals surface area contributed by atoms with Crippen molar-refractivity contribution in [3.8, 4) is 5.88 Å². The Bertz CT molecular complexity index is 795. The van der Waals surface area contributed by atoms with Gasteiger partial charge in [-0.25, -0.2) is 9.97 Å². The van der Waals surface area contributed by atoms with Gasteiger partial charge < -0.3 is 4.74 Å². The van der Waals surface area contributed by atoms with E-state index in [1.807, 2.05) is 0 Å². The average Bonchev–Trinajstić information content (AvgIpc) is 2.97. The van der Waals surface area contributed by atoms with Crippen molar-refractivity contribution in [1.29, 1.82) is 0 Å². The van der Waals surface area contributed by atoms with Crippen LogP contribution in [0.1, 0.15) is 11.0 Å². The molecule has 0 fully saturated rings. The van der Waals surface area contributed by atoms with Crippen LogP contribution in [0.3, 0.4) is 0 Å². The molecule has 0 saturated carbocycles. The molecule has 0 aliphatic carbocycles. The summed E-state index contributed by atoms with van der Waals surface area (Å²) < 4.78 is 44.5. The van der Waals surface area contributed by atoms with Crippen LogP contribution < -0.4 is 4.74 Å². The molecule has 4 nitrogen and oxygen atoms in total. The number of alkyl halides is 3. The van der Waals surface area contributed by atoms with E-state index in [4.69, 9.17) is 16.3 Å². The molecule has 2 aromatic heterocycles. The number of rotatable bonds is 3. The van der Waals surface area contributed by atoms with E-state index in [1.165, 1.54) is 5.51 Å². The molecule has 2 heterocycles. The molecular weight excluding hydrogens is 339 g/mol. The first-order valence-electron chi connectivity index (χ1n) is 5.99. The molecule has 1 unspecified atom stereocenters. The predicted molar refractivity (Wildman–Crippen MR) is 76.1 cm³/mol. The van der Waals surface area contributed by atoms with Gasteiger partial charge in [0.25, 0.3) is 5.88 Å². The first kappa shape index (κ1) is 15.0. The lowest BCUT2D eigenvalue weighted by Crippen LogP contribution is -2.25. The van der Waals surface area contributed by atoms with Crippen LogP contribution in [0.2, 0.25) is 5.15 Å². The molecule has 0 N–H and O–H groups in total. The number of nitrogens with zero attached hydrogens (tertiary/aromatic N) is 3. The molecule has 0 amide bonds. The van der Waals surface area contributed by atoms with Crippen molar-refractivity contribution in [2.75, 3.05) is 0 Å². The Kier molecular flexibility index (Phi) is 3.88. The lowest BCUT2D eigenvalue weighted by molar-refractivity contribution is -0.197. The Morgan fingerprint density at radius 1 is 1.14 bits per heavy atom. The quantitative estimate of drug-likeness (QED) is 0.705. The van der Waals surface area contributed by atoms with Crippen molar-refractivity contribution in [3.63, 3.8) is 0 Å². The number of halogens is 4. The molecule has 0 saturated heterocycles. The summed E-state index contributed by atoms with van der Waals surface area (Å²) in [4.78, 5) is 11.6. The second-order valence-electron chi connectivity index (χ2n) is 4.25. The molecule has 1 atom stereocenters. The molecule has 114 valence electrons. The summed E-state index contributed by atoms with van der Waals surface area (Å²) in [5.41, 5.74) is 2.17. The fourth-order valence-corrected chi connectivity index (χ4v) is 2.64. The monoisotopic (exact) mass is 345 g/mol. The summed E-state index contributed by atoms with van der Waals surface area (Å²) in [5.74, 6) is -0.365. The number of para-hydroxylation sites is 2. The predicted octanol–water partition coefficient (Wildman–Crippen LogP) is 4.42. The lowest BCUT2D eigenvalue weighted by Gasteiger charge is -2.20. The van der Waals surface area contributed by atoms with Gasteiger partial charge in [-0.1, -0.05) is 23.7 Å². The molecule has 3 aromatic rings. The number of thiazole rings is 1. The van der Waals surface area contributed by atoms with E-state index < -0.39 is 12.3 Å². The largest absolute Gasteiger partial charge is 0.457 e. The summed E-state index contributed by atoms with van der Waals surface area (Å²) in [6.45, 7) is 0. The number of aromatic nitrogens is 3. The van der Waals surface area contributed by atoms with Crippen LogP contribution in [-0.2, 0) is 0 Å². The lowest BCUT2D eigenvalue weighted by atomic mass is 10.3. The van der Waals surface area contributed by atoms with Crippen LogP contribution in [-0.4, -0.2) is 21.1 Å². The van der Waals surface area contributed by atoms with E-state index in [0.29, 0.717) is 11.0 Å². The van der Waals surface area contributed by atoms with Crippen molar-refractivity contribution >= 4 is 34.0 Å². The fraction of sp³-hybridized carbons (Fsp3) is 0.154. The van der Waals surface area contributed by atoms with E-state index in [2.05, 4.69) is 15.0 Å². The van der Waals surface area contributed by atoms with Crippen molar-refractivity contribution in [2.24, 2.45) is 0 Å². The van der Waals surface area contributed by atoms with Crippen LogP contribution in [0.25, 0.3) is 11.0 Å². The first-order valence-corrected chi connectivity index (χ1v) is 7.25. The number of benzene rings is 1. The first-order chi connectivity index (χ1) is 10.4. The third kappa shape index (κ3) is 2.97. The third-order valence-corrected chi connectivity index (χ3v) is 3.80. The van der Waals surface area contributed by atoms with Crippen LogP contribution in [0.4, 0.5) is 13.2 Å². The molecule has 0 aliphatic rings. The Balaban J connectivity index is 2.01. The standard InChI is InChI=1S/C13H7ClF3N3OS/c14-11-12(20-8-4-2-1-3-7(8)19-11)21-10(13(15,16)17)9-5-18-6-22-9/h1-6,10H. The summed E-state index contributed by atoms with van der Waals surface area (Å²) in [5, 5.41) is -0.225. The van der Waals surface area contributed by atoms with E-state index in [0.717, 1.165) is 17.5 Å². The smallest absolute Gasteiger partial charge is 0.430 e. The Morgan fingerprint density at radius 2 is 1.82 bits per heavy atom. The van der Waals surface area contributed by atoms with Crippen molar-refractivity contribution < 1.29 is 17.9 Å². The summed E-state index contributed by atoms with van der Waals surface area (Å²) >= 11 is 6.72. The summed E-state index contributed by atoms with van der Waals surface area (Å²) in [6.07, 6.45) is -5.71. The van der Waals surface area contributed by atoms with Gasteiger partial charge in [0, 0.05) is 6.20 Å². The zero-order valence-electron chi connectivity index (χ0n) is 10.7. The third-order valence-electron chi connectivity index (χ3n) is 2.74. The Hall–Kier alpha value is -1.93. The number of hydrogen-bond acceptors (Lipinski definition) is 5. The van der Waals surface area contributed by atoms with E-state index >= 15 is 0 Å². The van der Waals surface area contributed by atoms with Gasteiger partial charge in [-0.2, -0.15) is 13.2 Å². The number of hydrogen-bond donors (Lipinski definition) is 0. The van der Waals surface area contributed by atoms with Gasteiger partial charge in [-0.05, 0) is 12.1 Å². The van der Waals surface area contributed by atoms with Gasteiger partial charge in [-0.3, -0.25) is 4.98 Å². The molecule has 0 radical (unpaired) electrons. The van der Waals surface area contributed by atoms with Crippen molar-refractivity contribution in [1.82, 2.24) is 15.0 Å². The molecular formula is C13H7ClF3N3OS. The minimum atomic E-state index is -4.62. The summed E-state index contributed by atoms with van der Waals surface area (Å²) in [6, 6.07) is 6.69. The van der Waals surface area contributed by atoms with Gasteiger partial charge in [0.15, 0.2) is 5.15 Å². The average molecular weight is 346 g/mol. The van der Waals surface area contributed by atoms with Gasteiger partial charge in [0.2, 0.25) is 6.10 Å². The van der Waals surface area contributed by atoms with Crippen molar-refractivity contribution in [3.05, 3.63) is 46.0 Å².